The number of nitrogens with one attached hydrogen (secondary N) is 1. The second-order valence-corrected chi connectivity index (χ2v) is 3.31. The molecule has 0 atom stereocenters. The van der Waals surface area contributed by atoms with Crippen molar-refractivity contribution in [2.75, 3.05) is 31.2 Å². The summed E-state index contributed by atoms with van der Waals surface area (Å²) >= 11 is 1.49. The smallest absolute Gasteiger partial charge is 0.216 e. The summed E-state index contributed by atoms with van der Waals surface area (Å²) in [7, 11) is 0. The lowest BCUT2D eigenvalue weighted by atomic mass is 10.7. The molecular weight excluding hydrogens is 190 g/mol. The van der Waals surface area contributed by atoms with Gasteiger partial charge in [0.2, 0.25) is 11.1 Å². The molecule has 0 radical (unpaired) electrons. The molecule has 0 fully saturated rings. The number of aromatic nitrogens is 3. The van der Waals surface area contributed by atoms with Gasteiger partial charge in [-0.1, -0.05) is 11.8 Å². The fraction of sp³-hybridized carbons (Fsp3) is 0.667. The Morgan fingerprint density at radius 3 is 2.92 bits per heavy atom. The highest BCUT2D eigenvalue weighted by Crippen LogP contribution is 2.11. The first kappa shape index (κ1) is 10.3. The fourth-order valence-electron chi connectivity index (χ4n) is 0.700. The molecule has 74 valence electrons. The molecule has 1 aromatic heterocycles. The highest BCUT2D eigenvalue weighted by atomic mass is 32.2. The average molecular weight is 203 g/mol. The average Bonchev–Trinajstić information content (AvgIpc) is 2.51. The molecule has 0 aliphatic rings. The minimum Gasteiger partial charge on any atom is -0.379 e. The summed E-state index contributed by atoms with van der Waals surface area (Å²) in [6.45, 7) is 1.80. The second kappa shape index (κ2) is 5.79. The summed E-state index contributed by atoms with van der Waals surface area (Å²) in [5.74, 6) is 1.14. The Morgan fingerprint density at radius 1 is 1.46 bits per heavy atom. The van der Waals surface area contributed by atoms with E-state index in [4.69, 9.17) is 16.2 Å². The Bertz CT molecular complexity index is 241. The Hall–Kier alpha value is -0.790. The molecule has 0 unspecified atom stereocenters. The van der Waals surface area contributed by atoms with Crippen LogP contribution in [0.1, 0.15) is 0 Å². The zero-order chi connectivity index (χ0) is 9.52. The highest BCUT2D eigenvalue weighted by Gasteiger charge is 1.99. The minimum atomic E-state index is 0.338. The molecule has 5 N–H and O–H groups in total. The third-order valence-corrected chi connectivity index (χ3v) is 2.01. The molecule has 0 bridgehead atoms. The number of rotatable bonds is 6. The monoisotopic (exact) mass is 203 g/mol. The molecule has 6 nitrogen and oxygen atoms in total. The van der Waals surface area contributed by atoms with Crippen LogP contribution in [0.5, 0.6) is 0 Å². The molecular formula is C6H13N5OS. The largest absolute Gasteiger partial charge is 0.379 e. The number of nitrogen functional groups attached to an aromatic ring is 1. The van der Waals surface area contributed by atoms with E-state index in [9.17, 15) is 0 Å². The number of nitrogens with zero attached hydrogens (tertiary/aromatic N) is 2. The van der Waals surface area contributed by atoms with E-state index in [1.165, 1.54) is 11.8 Å². The van der Waals surface area contributed by atoms with Gasteiger partial charge in [-0.2, -0.15) is 4.98 Å². The summed E-state index contributed by atoms with van der Waals surface area (Å²) in [4.78, 5) is 3.92. The van der Waals surface area contributed by atoms with Gasteiger partial charge in [0.05, 0.1) is 13.2 Å². The first-order chi connectivity index (χ1) is 6.33. The SMILES string of the molecule is NCCOCCSc1n[nH]c(N)n1. The van der Waals surface area contributed by atoms with Crippen LogP contribution in [0.4, 0.5) is 5.95 Å². The van der Waals surface area contributed by atoms with Gasteiger partial charge in [0.15, 0.2) is 0 Å². The molecule has 0 aliphatic carbocycles. The normalized spacial score (nSPS) is 10.5. The lowest BCUT2D eigenvalue weighted by Gasteiger charge is -1.99. The molecule has 0 saturated carbocycles. The number of H-pyrrole nitrogens is 1. The number of hydrogen-bond acceptors (Lipinski definition) is 6. The Morgan fingerprint density at radius 2 is 2.31 bits per heavy atom. The topological polar surface area (TPSA) is 103 Å². The fourth-order valence-corrected chi connectivity index (χ4v) is 1.36. The molecule has 13 heavy (non-hydrogen) atoms. The number of anilines is 1. The summed E-state index contributed by atoms with van der Waals surface area (Å²) in [5.41, 5.74) is 10.6. The Labute approximate surface area is 80.4 Å². The van der Waals surface area contributed by atoms with E-state index in [2.05, 4.69) is 15.2 Å². The van der Waals surface area contributed by atoms with Gasteiger partial charge in [-0.3, -0.25) is 0 Å². The number of ether oxygens (including phenoxy) is 1. The number of thioether (sulfide) groups is 1. The maximum Gasteiger partial charge on any atom is 0.216 e. The van der Waals surface area contributed by atoms with Crippen molar-refractivity contribution in [3.63, 3.8) is 0 Å². The van der Waals surface area contributed by atoms with Crippen molar-refractivity contribution < 1.29 is 4.74 Å². The molecule has 1 rings (SSSR count). The van der Waals surface area contributed by atoms with Crippen LogP contribution in [0.25, 0.3) is 0 Å². The quantitative estimate of drug-likeness (QED) is 0.423. The lowest BCUT2D eigenvalue weighted by Crippen LogP contribution is -2.09. The van der Waals surface area contributed by atoms with Gasteiger partial charge < -0.3 is 16.2 Å². The number of aromatic amines is 1. The summed E-state index contributed by atoms with van der Waals surface area (Å²) in [5, 5.41) is 7.06. The molecule has 0 amide bonds. The predicted octanol–water partition coefficient (Wildman–Crippen LogP) is -0.546. The Balaban J connectivity index is 2.06. The first-order valence-electron chi connectivity index (χ1n) is 3.91. The van der Waals surface area contributed by atoms with E-state index in [0.29, 0.717) is 30.9 Å². The maximum absolute atomic E-state index is 5.34. The van der Waals surface area contributed by atoms with E-state index < -0.39 is 0 Å². The molecule has 1 aromatic rings. The summed E-state index contributed by atoms with van der Waals surface area (Å²) in [6.07, 6.45) is 0. The van der Waals surface area contributed by atoms with Gasteiger partial charge in [0.1, 0.15) is 0 Å². The number of hydrogen-bond donors (Lipinski definition) is 3. The zero-order valence-corrected chi connectivity index (χ0v) is 8.01. The molecule has 1 heterocycles. The van der Waals surface area contributed by atoms with Crippen LogP contribution < -0.4 is 11.5 Å². The van der Waals surface area contributed by atoms with Gasteiger partial charge in [0.25, 0.3) is 0 Å². The third-order valence-electron chi connectivity index (χ3n) is 1.20. The minimum absolute atomic E-state index is 0.338. The second-order valence-electron chi connectivity index (χ2n) is 2.25. The van der Waals surface area contributed by atoms with Crippen LogP contribution in [0.15, 0.2) is 5.16 Å². The molecule has 0 spiro atoms. The summed E-state index contributed by atoms with van der Waals surface area (Å²) in [6, 6.07) is 0. The third kappa shape index (κ3) is 4.11. The van der Waals surface area contributed by atoms with E-state index in [1.807, 2.05) is 0 Å². The van der Waals surface area contributed by atoms with Crippen LogP contribution in [0.3, 0.4) is 0 Å². The predicted molar refractivity (Wildman–Crippen MR) is 51.4 cm³/mol. The lowest BCUT2D eigenvalue weighted by molar-refractivity contribution is 0.158. The van der Waals surface area contributed by atoms with Gasteiger partial charge in [-0.25, -0.2) is 5.10 Å². The van der Waals surface area contributed by atoms with Crippen LogP contribution in [-0.4, -0.2) is 40.7 Å². The van der Waals surface area contributed by atoms with Crippen LogP contribution >= 0.6 is 11.8 Å². The van der Waals surface area contributed by atoms with Gasteiger partial charge in [-0.05, 0) is 0 Å². The summed E-state index contributed by atoms with van der Waals surface area (Å²) < 4.78 is 5.17. The van der Waals surface area contributed by atoms with Crippen LogP contribution in [-0.2, 0) is 4.74 Å². The van der Waals surface area contributed by atoms with Crippen LogP contribution in [0, 0.1) is 0 Å². The van der Waals surface area contributed by atoms with E-state index in [1.54, 1.807) is 0 Å². The van der Waals surface area contributed by atoms with Crippen LogP contribution in [0.2, 0.25) is 0 Å². The van der Waals surface area contributed by atoms with Crippen molar-refractivity contribution in [3.8, 4) is 0 Å². The highest BCUT2D eigenvalue weighted by molar-refractivity contribution is 7.99. The van der Waals surface area contributed by atoms with E-state index in [0.717, 1.165) is 5.75 Å². The number of nitrogens with two attached hydrogens (primary N) is 2. The van der Waals surface area contributed by atoms with Crippen molar-refractivity contribution >= 4 is 17.7 Å². The van der Waals surface area contributed by atoms with Crippen molar-refractivity contribution in [3.05, 3.63) is 0 Å². The maximum atomic E-state index is 5.34. The van der Waals surface area contributed by atoms with Crippen molar-refractivity contribution in [1.29, 1.82) is 0 Å². The van der Waals surface area contributed by atoms with Gasteiger partial charge >= 0.3 is 0 Å². The van der Waals surface area contributed by atoms with Crippen molar-refractivity contribution in [2.24, 2.45) is 5.73 Å². The van der Waals surface area contributed by atoms with Crippen molar-refractivity contribution in [1.82, 2.24) is 15.2 Å². The molecule has 0 saturated heterocycles. The molecule has 7 heteroatoms. The molecule has 0 aromatic carbocycles. The standard InChI is InChI=1S/C6H13N5OS/c7-1-2-12-3-4-13-6-9-5(8)10-11-6/h1-4,7H2,(H3,8,9,10,11). The zero-order valence-electron chi connectivity index (χ0n) is 7.19. The van der Waals surface area contributed by atoms with Gasteiger partial charge in [-0.15, -0.1) is 5.10 Å². The Kier molecular flexibility index (Phi) is 4.58. The van der Waals surface area contributed by atoms with E-state index >= 15 is 0 Å². The van der Waals surface area contributed by atoms with Gasteiger partial charge in [0, 0.05) is 12.3 Å². The van der Waals surface area contributed by atoms with Crippen molar-refractivity contribution in [2.45, 2.75) is 5.16 Å². The van der Waals surface area contributed by atoms with E-state index in [-0.39, 0.29) is 0 Å². The molecule has 0 aliphatic heterocycles. The first-order valence-corrected chi connectivity index (χ1v) is 4.90.